The summed E-state index contributed by atoms with van der Waals surface area (Å²) in [4.78, 5) is 34.5. The van der Waals surface area contributed by atoms with Gasteiger partial charge in [0.1, 0.15) is 0 Å². The molecule has 2 aliphatic rings. The van der Waals surface area contributed by atoms with Crippen LogP contribution in [0.15, 0.2) is 54.6 Å². The van der Waals surface area contributed by atoms with Crippen molar-refractivity contribution in [2.45, 2.75) is 39.4 Å². The van der Waals surface area contributed by atoms with E-state index in [1.165, 1.54) is 11.3 Å². The summed E-state index contributed by atoms with van der Waals surface area (Å²) in [6.45, 7) is 8.62. The third-order valence-corrected chi connectivity index (χ3v) is 9.21. The minimum absolute atomic E-state index is 0. The number of likely N-dealkylation sites (N-methyl/N-ethyl adjacent to an activating group) is 1. The Balaban J connectivity index is 0.00000400. The van der Waals surface area contributed by atoms with Crippen molar-refractivity contribution in [1.29, 1.82) is 0 Å². The maximum atomic E-state index is 13.8. The number of benzene rings is 3. The highest BCUT2D eigenvalue weighted by Crippen LogP contribution is 2.36. The molecule has 7 nitrogen and oxygen atoms in total. The number of aryl methyl sites for hydroxylation is 1. The van der Waals surface area contributed by atoms with Gasteiger partial charge in [0.05, 0.1) is 15.8 Å². The number of alkyl halides is 3. The Hall–Kier alpha value is -3.80. The molecule has 232 valence electrons. The van der Waals surface area contributed by atoms with Gasteiger partial charge >= 0.3 is 6.18 Å². The quantitative estimate of drug-likeness (QED) is 0.216. The summed E-state index contributed by atoms with van der Waals surface area (Å²) in [6, 6.07) is 14.9. The Morgan fingerprint density at radius 3 is 2.43 bits per heavy atom. The molecule has 0 bridgehead atoms. The lowest BCUT2D eigenvalue weighted by Crippen LogP contribution is -2.45. The molecule has 0 atom stereocenters. The van der Waals surface area contributed by atoms with Crippen molar-refractivity contribution in [3.05, 3.63) is 76.9 Å². The van der Waals surface area contributed by atoms with Gasteiger partial charge in [-0.1, -0.05) is 30.4 Å². The summed E-state index contributed by atoms with van der Waals surface area (Å²) in [5.41, 5.74) is 3.60. The zero-order valence-electron chi connectivity index (χ0n) is 24.6. The van der Waals surface area contributed by atoms with E-state index in [2.05, 4.69) is 32.3 Å². The van der Waals surface area contributed by atoms with E-state index >= 15 is 0 Å². The van der Waals surface area contributed by atoms with Crippen LogP contribution in [0.1, 0.15) is 48.2 Å². The van der Waals surface area contributed by atoms with E-state index in [9.17, 15) is 22.8 Å². The molecule has 2 heterocycles. The van der Waals surface area contributed by atoms with Gasteiger partial charge in [0.25, 0.3) is 5.91 Å². The van der Waals surface area contributed by atoms with Gasteiger partial charge in [0.15, 0.2) is 5.13 Å². The second-order valence-electron chi connectivity index (χ2n) is 11.6. The molecule has 4 aromatic rings. The number of nitrogens with one attached hydrogen (secondary N) is 2. The van der Waals surface area contributed by atoms with Crippen LogP contribution in [0.5, 0.6) is 0 Å². The molecule has 2 amide bonds. The lowest BCUT2D eigenvalue weighted by atomic mass is 9.99. The summed E-state index contributed by atoms with van der Waals surface area (Å²) in [6.07, 6.45) is -2.74. The molecule has 0 radical (unpaired) electrons. The number of piperazine rings is 1. The van der Waals surface area contributed by atoms with Crippen molar-refractivity contribution in [3.63, 3.8) is 0 Å². The molecule has 0 unspecified atom stereocenters. The summed E-state index contributed by atoms with van der Waals surface area (Å²) in [5.74, 6) is -0.509. The van der Waals surface area contributed by atoms with Crippen LogP contribution in [0.25, 0.3) is 21.3 Å². The molecule has 1 aliphatic heterocycles. The number of thiazole rings is 1. The number of amides is 2. The molecule has 1 aromatic heterocycles. The maximum absolute atomic E-state index is 13.8. The Morgan fingerprint density at radius 2 is 1.73 bits per heavy atom. The van der Waals surface area contributed by atoms with E-state index in [0.717, 1.165) is 84.6 Å². The molecule has 2 N–H and O–H groups in total. The lowest BCUT2D eigenvalue weighted by molar-refractivity contribution is -0.137. The van der Waals surface area contributed by atoms with Crippen LogP contribution in [0, 0.1) is 12.8 Å². The first-order valence-electron chi connectivity index (χ1n) is 14.9. The Morgan fingerprint density at radius 1 is 0.977 bits per heavy atom. The van der Waals surface area contributed by atoms with Gasteiger partial charge in [0.2, 0.25) is 5.91 Å². The van der Waals surface area contributed by atoms with E-state index in [4.69, 9.17) is 0 Å². The third kappa shape index (κ3) is 6.95. The summed E-state index contributed by atoms with van der Waals surface area (Å²) >= 11 is 1.41. The van der Waals surface area contributed by atoms with Gasteiger partial charge in [0, 0.05) is 51.3 Å². The molecule has 1 saturated carbocycles. The molecule has 1 aliphatic carbocycles. The summed E-state index contributed by atoms with van der Waals surface area (Å²) in [5, 5.41) is 6.28. The molecule has 3 aromatic carbocycles. The van der Waals surface area contributed by atoms with Crippen LogP contribution in [0.3, 0.4) is 0 Å². The molecular formula is C33H36F3N5O2S. The van der Waals surface area contributed by atoms with Gasteiger partial charge in [-0.15, -0.1) is 0 Å². The van der Waals surface area contributed by atoms with Crippen LogP contribution >= 0.6 is 11.3 Å². The number of anilines is 2. The first-order valence-corrected chi connectivity index (χ1v) is 15.7. The van der Waals surface area contributed by atoms with Crippen LogP contribution in [0.2, 0.25) is 0 Å². The van der Waals surface area contributed by atoms with Crippen molar-refractivity contribution in [2.24, 2.45) is 5.92 Å². The topological polar surface area (TPSA) is 77.6 Å². The highest BCUT2D eigenvalue weighted by molar-refractivity contribution is 7.22. The minimum atomic E-state index is -4.57. The molecule has 44 heavy (non-hydrogen) atoms. The number of rotatable bonds is 8. The van der Waals surface area contributed by atoms with E-state index in [-0.39, 0.29) is 18.8 Å². The van der Waals surface area contributed by atoms with Gasteiger partial charge in [-0.2, -0.15) is 13.2 Å². The maximum Gasteiger partial charge on any atom is 0.416 e. The fraction of sp³-hybridized carbons (Fsp3) is 0.364. The van der Waals surface area contributed by atoms with E-state index < -0.39 is 17.6 Å². The molecule has 11 heteroatoms. The van der Waals surface area contributed by atoms with Gasteiger partial charge in [-0.25, -0.2) is 4.98 Å². The van der Waals surface area contributed by atoms with Gasteiger partial charge in [-0.05, 0) is 91.0 Å². The summed E-state index contributed by atoms with van der Waals surface area (Å²) in [7, 11) is 0. The predicted molar refractivity (Wildman–Crippen MR) is 170 cm³/mol. The monoisotopic (exact) mass is 623 g/mol. The number of carbonyl (C=O) groups excluding carboxylic acids is 2. The SMILES string of the molecule is CCN1CCN(Cc2cc(C(=O)Nc3ccc(C)c(-c4ccc5nc(NC(=O)C6CC6)sc5c4)c3)cc(C(F)(F)F)c2)CC1.[HH]. The Bertz CT molecular complexity index is 1710. The van der Waals surface area contributed by atoms with Crippen molar-refractivity contribution in [2.75, 3.05) is 43.4 Å². The van der Waals surface area contributed by atoms with Crippen LogP contribution in [0.4, 0.5) is 24.0 Å². The highest BCUT2D eigenvalue weighted by Gasteiger charge is 2.32. The molecular weight excluding hydrogens is 587 g/mol. The van der Waals surface area contributed by atoms with Crippen LogP contribution in [-0.2, 0) is 17.5 Å². The average Bonchev–Trinajstić information content (AvgIpc) is 3.78. The fourth-order valence-electron chi connectivity index (χ4n) is 5.51. The normalized spacial score (nSPS) is 16.3. The molecule has 2 fully saturated rings. The van der Waals surface area contributed by atoms with E-state index in [1.807, 2.05) is 37.3 Å². The highest BCUT2D eigenvalue weighted by atomic mass is 32.1. The van der Waals surface area contributed by atoms with Crippen LogP contribution in [-0.4, -0.2) is 59.3 Å². The number of hydrogen-bond donors (Lipinski definition) is 2. The van der Waals surface area contributed by atoms with Crippen molar-refractivity contribution >= 4 is 44.2 Å². The number of fused-ring (bicyclic) bond motifs is 1. The van der Waals surface area contributed by atoms with Crippen molar-refractivity contribution < 1.29 is 24.2 Å². The fourth-order valence-corrected chi connectivity index (χ4v) is 6.42. The first-order chi connectivity index (χ1) is 21.1. The zero-order valence-corrected chi connectivity index (χ0v) is 25.4. The number of nitrogens with zero attached hydrogens (tertiary/aromatic N) is 3. The minimum Gasteiger partial charge on any atom is -0.322 e. The molecule has 0 spiro atoms. The Kier molecular flexibility index (Phi) is 8.45. The standard InChI is InChI=1S/C33H34F3N5O2S.H2/c1-3-40-10-12-41(13-11-40)19-21-14-24(16-25(15-21)33(34,35)36)31(43)37-26-8-4-20(2)27(18-26)23-7-9-28-29(17-23)44-32(38-28)39-30(42)22-5-6-22;/h4,7-9,14-18,22H,3,5-6,10-13,19H2,1-2H3,(H,37,43)(H,38,39,42);1H. The smallest absolute Gasteiger partial charge is 0.322 e. The largest absolute Gasteiger partial charge is 0.416 e. The predicted octanol–water partition coefficient (Wildman–Crippen LogP) is 7.27. The van der Waals surface area contributed by atoms with Crippen LogP contribution < -0.4 is 10.6 Å². The number of carbonyl (C=O) groups is 2. The van der Waals surface area contributed by atoms with Gasteiger partial charge in [-0.3, -0.25) is 14.5 Å². The van der Waals surface area contributed by atoms with Gasteiger partial charge < -0.3 is 15.5 Å². The van der Waals surface area contributed by atoms with E-state index in [1.54, 1.807) is 12.1 Å². The van der Waals surface area contributed by atoms with E-state index in [0.29, 0.717) is 22.9 Å². The van der Waals surface area contributed by atoms with Crippen molar-refractivity contribution in [1.82, 2.24) is 14.8 Å². The Labute approximate surface area is 259 Å². The number of halogens is 3. The third-order valence-electron chi connectivity index (χ3n) is 8.27. The number of hydrogen-bond acceptors (Lipinski definition) is 6. The first kappa shape index (κ1) is 30.2. The number of aromatic nitrogens is 1. The average molecular weight is 624 g/mol. The zero-order chi connectivity index (χ0) is 31.0. The van der Waals surface area contributed by atoms with Crippen molar-refractivity contribution in [3.8, 4) is 11.1 Å². The second kappa shape index (κ2) is 12.3. The molecule has 6 rings (SSSR count). The second-order valence-corrected chi connectivity index (χ2v) is 12.6. The lowest BCUT2D eigenvalue weighted by Gasteiger charge is -2.34. The summed E-state index contributed by atoms with van der Waals surface area (Å²) < 4.78 is 42.4. The molecule has 1 saturated heterocycles.